The average molecular weight is 429 g/mol. The molecule has 1 N–H and O–H groups in total. The van der Waals surface area contributed by atoms with E-state index in [4.69, 9.17) is 0 Å². The zero-order valence-corrected chi connectivity index (χ0v) is 18.1. The van der Waals surface area contributed by atoms with Crippen molar-refractivity contribution >= 4 is 33.2 Å². The van der Waals surface area contributed by atoms with E-state index in [1.54, 1.807) is 6.07 Å². The summed E-state index contributed by atoms with van der Waals surface area (Å²) < 4.78 is 24.8. The standard InChI is InChI=1S/C18H28N4O6S/c1-18(2,3)16-12-20(9-6-10-21(16)17(23)24)13-7-8-14(22(25)26)15(11-13)19(4)29(5,27)28/h7-8,11,16H,6,9-10,12H2,1-5H3,(H,23,24). The van der Waals surface area contributed by atoms with E-state index in [0.717, 1.165) is 10.6 Å². The number of benzene rings is 1. The lowest BCUT2D eigenvalue weighted by atomic mass is 9.85. The zero-order valence-electron chi connectivity index (χ0n) is 17.3. The van der Waals surface area contributed by atoms with Crippen LogP contribution in [0.2, 0.25) is 0 Å². The van der Waals surface area contributed by atoms with Crippen LogP contribution < -0.4 is 9.21 Å². The number of amides is 1. The molecule has 1 heterocycles. The number of rotatable bonds is 4. The van der Waals surface area contributed by atoms with Gasteiger partial charge in [0.1, 0.15) is 5.69 Å². The highest BCUT2D eigenvalue weighted by molar-refractivity contribution is 7.92. The second-order valence-electron chi connectivity index (χ2n) is 8.32. The van der Waals surface area contributed by atoms with E-state index < -0.39 is 21.0 Å². The third-order valence-electron chi connectivity index (χ3n) is 5.20. The second kappa shape index (κ2) is 8.05. The first-order valence-corrected chi connectivity index (χ1v) is 11.0. The molecule has 1 atom stereocenters. The molecular weight excluding hydrogens is 400 g/mol. The van der Waals surface area contributed by atoms with Crippen molar-refractivity contribution in [2.45, 2.75) is 33.2 Å². The third-order valence-corrected chi connectivity index (χ3v) is 6.39. The van der Waals surface area contributed by atoms with Gasteiger partial charge in [0.2, 0.25) is 10.0 Å². The Balaban J connectivity index is 2.50. The van der Waals surface area contributed by atoms with Crippen LogP contribution in [0, 0.1) is 15.5 Å². The molecule has 0 spiro atoms. The summed E-state index contributed by atoms with van der Waals surface area (Å²) >= 11 is 0. The van der Waals surface area contributed by atoms with E-state index >= 15 is 0 Å². The predicted molar refractivity (Wildman–Crippen MR) is 111 cm³/mol. The number of nitrogens with zero attached hydrogens (tertiary/aromatic N) is 4. The van der Waals surface area contributed by atoms with Crippen molar-refractivity contribution in [1.82, 2.24) is 4.90 Å². The maximum Gasteiger partial charge on any atom is 0.407 e. The van der Waals surface area contributed by atoms with Gasteiger partial charge in [-0.05, 0) is 24.0 Å². The van der Waals surface area contributed by atoms with E-state index in [1.165, 1.54) is 24.1 Å². The van der Waals surface area contributed by atoms with Crippen molar-refractivity contribution in [3.05, 3.63) is 28.3 Å². The SMILES string of the molecule is CN(c1cc(N2CCCN(C(=O)O)C(C(C)(C)C)C2)ccc1[N+](=O)[O-])S(C)(=O)=O. The van der Waals surface area contributed by atoms with E-state index in [-0.39, 0.29) is 22.8 Å². The smallest absolute Gasteiger partial charge is 0.407 e. The second-order valence-corrected chi connectivity index (χ2v) is 10.3. The molecule has 162 valence electrons. The summed E-state index contributed by atoms with van der Waals surface area (Å²) in [6.45, 7) is 7.24. The molecular formula is C18H28N4O6S. The fourth-order valence-electron chi connectivity index (χ4n) is 3.48. The van der Waals surface area contributed by atoms with Crippen molar-refractivity contribution in [2.24, 2.45) is 5.41 Å². The summed E-state index contributed by atoms with van der Waals surface area (Å²) in [4.78, 5) is 25.9. The van der Waals surface area contributed by atoms with Gasteiger partial charge in [0.25, 0.3) is 5.69 Å². The van der Waals surface area contributed by atoms with Gasteiger partial charge in [-0.3, -0.25) is 14.4 Å². The average Bonchev–Trinajstić information content (AvgIpc) is 2.82. The number of anilines is 2. The molecule has 0 aromatic heterocycles. The van der Waals surface area contributed by atoms with Crippen molar-refractivity contribution in [1.29, 1.82) is 0 Å². The van der Waals surface area contributed by atoms with Crippen LogP contribution >= 0.6 is 0 Å². The molecule has 1 fully saturated rings. The molecule has 1 unspecified atom stereocenters. The molecule has 0 aliphatic carbocycles. The first-order chi connectivity index (χ1) is 13.2. The van der Waals surface area contributed by atoms with Gasteiger partial charge >= 0.3 is 6.09 Å². The van der Waals surface area contributed by atoms with Gasteiger partial charge in [0.05, 0.1) is 17.2 Å². The molecule has 1 amide bonds. The third kappa shape index (κ3) is 5.08. The number of hydrogen-bond acceptors (Lipinski definition) is 6. The van der Waals surface area contributed by atoms with Crippen LogP contribution in [0.15, 0.2) is 18.2 Å². The molecule has 11 heteroatoms. The summed E-state index contributed by atoms with van der Waals surface area (Å²) in [6.07, 6.45) is 0.594. The first kappa shape index (κ1) is 22.7. The largest absolute Gasteiger partial charge is 0.465 e. The van der Waals surface area contributed by atoms with Crippen molar-refractivity contribution in [2.75, 3.05) is 42.1 Å². The summed E-state index contributed by atoms with van der Waals surface area (Å²) in [5, 5.41) is 21.0. The Bertz CT molecular complexity index is 896. The Hall–Kier alpha value is -2.56. The van der Waals surface area contributed by atoms with Crippen LogP contribution in [0.1, 0.15) is 27.2 Å². The highest BCUT2D eigenvalue weighted by Gasteiger charge is 2.37. The molecule has 1 aromatic rings. The molecule has 10 nitrogen and oxygen atoms in total. The maximum absolute atomic E-state index is 12.0. The summed E-state index contributed by atoms with van der Waals surface area (Å²) in [6, 6.07) is 4.05. The molecule has 1 aliphatic heterocycles. The number of hydrogen-bond donors (Lipinski definition) is 1. The molecule has 0 saturated carbocycles. The lowest BCUT2D eigenvalue weighted by molar-refractivity contribution is -0.384. The molecule has 1 saturated heterocycles. The van der Waals surface area contributed by atoms with Crippen LogP contribution in [0.4, 0.5) is 21.9 Å². The zero-order chi connectivity index (χ0) is 22.1. The van der Waals surface area contributed by atoms with Gasteiger partial charge < -0.3 is 14.9 Å². The topological polar surface area (TPSA) is 124 Å². The minimum Gasteiger partial charge on any atom is -0.465 e. The van der Waals surface area contributed by atoms with Crippen LogP contribution in [0.5, 0.6) is 0 Å². The molecule has 29 heavy (non-hydrogen) atoms. The molecule has 1 aliphatic rings. The van der Waals surface area contributed by atoms with Gasteiger partial charge in [0.15, 0.2) is 0 Å². The monoisotopic (exact) mass is 428 g/mol. The number of carbonyl (C=O) groups is 1. The normalized spacial score (nSPS) is 18.3. The lowest BCUT2D eigenvalue weighted by Crippen LogP contribution is -2.51. The summed E-state index contributed by atoms with van der Waals surface area (Å²) in [5.74, 6) is 0. The fourth-order valence-corrected chi connectivity index (χ4v) is 3.99. The molecule has 0 radical (unpaired) electrons. The molecule has 2 rings (SSSR count). The van der Waals surface area contributed by atoms with Gasteiger partial charge in [-0.2, -0.15) is 0 Å². The highest BCUT2D eigenvalue weighted by atomic mass is 32.2. The van der Waals surface area contributed by atoms with E-state index in [0.29, 0.717) is 31.7 Å². The maximum atomic E-state index is 12.0. The fraction of sp³-hybridized carbons (Fsp3) is 0.611. The Kier molecular flexibility index (Phi) is 6.31. The number of nitro benzene ring substituents is 1. The van der Waals surface area contributed by atoms with Crippen LogP contribution in [0.25, 0.3) is 0 Å². The predicted octanol–water partition coefficient (Wildman–Crippen LogP) is 2.60. The quantitative estimate of drug-likeness (QED) is 0.577. The van der Waals surface area contributed by atoms with Crippen molar-refractivity contribution < 1.29 is 23.2 Å². The number of sulfonamides is 1. The van der Waals surface area contributed by atoms with E-state index in [9.17, 15) is 28.4 Å². The van der Waals surface area contributed by atoms with Crippen molar-refractivity contribution in [3.63, 3.8) is 0 Å². The minimum atomic E-state index is -3.70. The molecule has 0 bridgehead atoms. The lowest BCUT2D eigenvalue weighted by Gasteiger charge is -2.39. The minimum absolute atomic E-state index is 0.0263. The van der Waals surface area contributed by atoms with Gasteiger partial charge in [-0.1, -0.05) is 20.8 Å². The summed E-state index contributed by atoms with van der Waals surface area (Å²) in [7, 11) is -2.42. The van der Waals surface area contributed by atoms with Crippen LogP contribution in [-0.2, 0) is 10.0 Å². The number of nitro groups is 1. The Morgan fingerprint density at radius 1 is 1.31 bits per heavy atom. The van der Waals surface area contributed by atoms with E-state index in [2.05, 4.69) is 0 Å². The van der Waals surface area contributed by atoms with Crippen molar-refractivity contribution in [3.8, 4) is 0 Å². The summed E-state index contributed by atoms with van der Waals surface area (Å²) in [5.41, 5.74) is -0.0472. The highest BCUT2D eigenvalue weighted by Crippen LogP contribution is 2.35. The van der Waals surface area contributed by atoms with Gasteiger partial charge in [-0.25, -0.2) is 13.2 Å². The number of carboxylic acid groups (broad SMARTS) is 1. The van der Waals surface area contributed by atoms with Gasteiger partial charge in [-0.15, -0.1) is 0 Å². The van der Waals surface area contributed by atoms with Crippen LogP contribution in [0.3, 0.4) is 0 Å². The van der Waals surface area contributed by atoms with Crippen LogP contribution in [-0.4, -0.2) is 68.4 Å². The van der Waals surface area contributed by atoms with E-state index in [1.807, 2.05) is 25.7 Å². The molecule has 1 aromatic carbocycles. The first-order valence-electron chi connectivity index (χ1n) is 9.20. The Morgan fingerprint density at radius 3 is 2.41 bits per heavy atom. The Morgan fingerprint density at radius 2 is 1.93 bits per heavy atom. The Labute approximate surface area is 170 Å². The van der Waals surface area contributed by atoms with Gasteiger partial charge in [0, 0.05) is 38.4 Å².